The first-order valence-corrected chi connectivity index (χ1v) is 4.28. The monoisotopic (exact) mass is 193 g/mol. The Morgan fingerprint density at radius 3 is 3.07 bits per heavy atom. The number of allylic oxidation sites excluding steroid dienone is 1. The topological polar surface area (TPSA) is 59.3 Å². The van der Waals surface area contributed by atoms with E-state index in [1.54, 1.807) is 12.3 Å². The first-order valence-electron chi connectivity index (χ1n) is 4.28. The van der Waals surface area contributed by atoms with Crippen LogP contribution in [0.2, 0.25) is 0 Å². The molecule has 0 saturated heterocycles. The summed E-state index contributed by atoms with van der Waals surface area (Å²) in [6.45, 7) is 0. The number of nitrogens with zero attached hydrogens (tertiary/aromatic N) is 1. The third-order valence-corrected chi connectivity index (χ3v) is 1.85. The van der Waals surface area contributed by atoms with E-state index in [0.29, 0.717) is 0 Å². The highest BCUT2D eigenvalue weighted by atomic mass is 16.5. The molecular weight excluding hydrogens is 182 g/mol. The molecular formula is C10H11NO3. The van der Waals surface area contributed by atoms with E-state index in [-0.39, 0.29) is 11.7 Å². The zero-order valence-electron chi connectivity index (χ0n) is 7.90. The van der Waals surface area contributed by atoms with E-state index < -0.39 is 5.97 Å². The minimum absolute atomic E-state index is 0.00667. The van der Waals surface area contributed by atoms with Gasteiger partial charge in [-0.25, -0.2) is 4.79 Å². The Kier molecular flexibility index (Phi) is 3.74. The van der Waals surface area contributed by atoms with Gasteiger partial charge in [0.2, 0.25) is 0 Å². The zero-order chi connectivity index (χ0) is 10.4. The van der Waals surface area contributed by atoms with Crippen molar-refractivity contribution in [3.63, 3.8) is 0 Å². The molecule has 14 heavy (non-hydrogen) atoms. The van der Waals surface area contributed by atoms with Crippen LogP contribution >= 0.6 is 0 Å². The average Bonchev–Trinajstić information content (AvgIpc) is 2.26. The second kappa shape index (κ2) is 5.07. The Balaban J connectivity index is 2.68. The molecule has 0 spiro atoms. The molecule has 0 aromatic carbocycles. The molecule has 0 N–H and O–H groups in total. The molecule has 0 radical (unpaired) electrons. The molecule has 1 aliphatic heterocycles. The largest absolute Gasteiger partial charge is 0.494 e. The quantitative estimate of drug-likeness (QED) is 0.377. The smallest absolute Gasteiger partial charge is 0.348 e. The van der Waals surface area contributed by atoms with E-state index >= 15 is 0 Å². The Hall–Kier alpha value is -1.76. The molecule has 0 saturated carbocycles. The second-order valence-electron chi connectivity index (χ2n) is 2.81. The van der Waals surface area contributed by atoms with Gasteiger partial charge >= 0.3 is 5.97 Å². The summed E-state index contributed by atoms with van der Waals surface area (Å²) >= 11 is 0. The molecule has 1 atom stereocenters. The van der Waals surface area contributed by atoms with Gasteiger partial charge in [0.25, 0.3) is 0 Å². The number of carbonyl (C=O) groups excluding carboxylic acids is 1. The summed E-state index contributed by atoms with van der Waals surface area (Å²) in [5, 5.41) is 8.67. The van der Waals surface area contributed by atoms with Crippen molar-refractivity contribution >= 4 is 5.97 Å². The summed E-state index contributed by atoms with van der Waals surface area (Å²) in [4.78, 5) is 11.0. The van der Waals surface area contributed by atoms with E-state index in [2.05, 4.69) is 4.74 Å². The third-order valence-electron chi connectivity index (χ3n) is 1.85. The maximum absolute atomic E-state index is 11.0. The van der Waals surface area contributed by atoms with Crippen LogP contribution in [0.1, 0.15) is 12.8 Å². The number of methoxy groups -OCH3 is 1. The van der Waals surface area contributed by atoms with Crippen LogP contribution in [-0.4, -0.2) is 19.2 Å². The Labute approximate surface area is 82.4 Å². The molecule has 1 unspecified atom stereocenters. The summed E-state index contributed by atoms with van der Waals surface area (Å²) in [6.07, 6.45) is 6.44. The molecule has 1 heterocycles. The number of hydrogen-bond acceptors (Lipinski definition) is 4. The maximum atomic E-state index is 11.0. The molecule has 4 nitrogen and oxygen atoms in total. The molecule has 0 bridgehead atoms. The molecule has 1 rings (SSSR count). The van der Waals surface area contributed by atoms with E-state index in [9.17, 15) is 4.79 Å². The van der Waals surface area contributed by atoms with Gasteiger partial charge < -0.3 is 9.47 Å². The Morgan fingerprint density at radius 2 is 2.57 bits per heavy atom. The lowest BCUT2D eigenvalue weighted by Gasteiger charge is -2.15. The Morgan fingerprint density at radius 1 is 1.79 bits per heavy atom. The van der Waals surface area contributed by atoms with Gasteiger partial charge in [-0.05, 0) is 25.0 Å². The number of nitriles is 1. The molecule has 1 aliphatic rings. The summed E-state index contributed by atoms with van der Waals surface area (Å²) in [7, 11) is 1.25. The van der Waals surface area contributed by atoms with Crippen LogP contribution in [0.25, 0.3) is 0 Å². The van der Waals surface area contributed by atoms with Crippen molar-refractivity contribution in [2.45, 2.75) is 18.9 Å². The normalized spacial score (nSPS) is 20.9. The van der Waals surface area contributed by atoms with E-state index in [1.165, 1.54) is 13.2 Å². The van der Waals surface area contributed by atoms with E-state index in [0.717, 1.165) is 12.8 Å². The van der Waals surface area contributed by atoms with Gasteiger partial charge in [0, 0.05) is 0 Å². The fourth-order valence-corrected chi connectivity index (χ4v) is 1.12. The molecule has 0 amide bonds. The fraction of sp³-hybridized carbons (Fsp3) is 0.400. The summed E-state index contributed by atoms with van der Waals surface area (Å²) in [6, 6.07) is 1.78. The van der Waals surface area contributed by atoms with Crippen LogP contribution in [0.4, 0.5) is 0 Å². The molecule has 0 aliphatic carbocycles. The number of hydrogen-bond donors (Lipinski definition) is 0. The molecule has 74 valence electrons. The summed E-state index contributed by atoms with van der Waals surface area (Å²) in [5.74, 6) is -0.620. The van der Waals surface area contributed by atoms with Crippen molar-refractivity contribution in [1.29, 1.82) is 5.26 Å². The summed E-state index contributed by atoms with van der Waals surface area (Å²) < 4.78 is 9.63. The highest BCUT2D eigenvalue weighted by molar-refractivity contribution is 5.92. The van der Waals surface area contributed by atoms with Gasteiger partial charge in [-0.3, -0.25) is 0 Å². The molecule has 4 heteroatoms. The van der Waals surface area contributed by atoms with Gasteiger partial charge in [-0.2, -0.15) is 5.26 Å². The zero-order valence-corrected chi connectivity index (χ0v) is 7.90. The lowest BCUT2D eigenvalue weighted by molar-refractivity contribution is -0.135. The van der Waals surface area contributed by atoms with Crippen LogP contribution in [0, 0.1) is 11.3 Å². The molecule has 0 aromatic rings. The molecule has 0 aromatic heterocycles. The van der Waals surface area contributed by atoms with E-state index in [1.807, 2.05) is 6.08 Å². The van der Waals surface area contributed by atoms with Crippen molar-refractivity contribution < 1.29 is 14.3 Å². The maximum Gasteiger partial charge on any atom is 0.348 e. The predicted molar refractivity (Wildman–Crippen MR) is 49.0 cm³/mol. The van der Waals surface area contributed by atoms with Crippen LogP contribution in [0.3, 0.4) is 0 Å². The SMILES string of the molecule is COC(=O)/C(C#N)=C/C1CCC=CO1. The highest BCUT2D eigenvalue weighted by Crippen LogP contribution is 2.13. The van der Waals surface area contributed by atoms with Crippen LogP contribution < -0.4 is 0 Å². The van der Waals surface area contributed by atoms with Crippen molar-refractivity contribution in [3.8, 4) is 6.07 Å². The van der Waals surface area contributed by atoms with Crippen molar-refractivity contribution in [3.05, 3.63) is 24.0 Å². The lowest BCUT2D eigenvalue weighted by atomic mass is 10.1. The van der Waals surface area contributed by atoms with Gasteiger partial charge in [0.15, 0.2) is 0 Å². The van der Waals surface area contributed by atoms with Gasteiger partial charge in [0.1, 0.15) is 17.7 Å². The van der Waals surface area contributed by atoms with Crippen molar-refractivity contribution in [2.75, 3.05) is 7.11 Å². The molecule has 0 fully saturated rings. The van der Waals surface area contributed by atoms with Crippen LogP contribution in [-0.2, 0) is 14.3 Å². The lowest BCUT2D eigenvalue weighted by Crippen LogP contribution is -2.13. The first kappa shape index (κ1) is 10.3. The minimum atomic E-state index is -0.620. The van der Waals surface area contributed by atoms with Gasteiger partial charge in [-0.1, -0.05) is 0 Å². The number of carbonyl (C=O) groups is 1. The number of esters is 1. The summed E-state index contributed by atoms with van der Waals surface area (Å²) in [5.41, 5.74) is -0.00667. The third kappa shape index (κ3) is 2.63. The average molecular weight is 193 g/mol. The fourth-order valence-electron chi connectivity index (χ4n) is 1.12. The van der Waals surface area contributed by atoms with Crippen molar-refractivity contribution in [1.82, 2.24) is 0 Å². The second-order valence-corrected chi connectivity index (χ2v) is 2.81. The van der Waals surface area contributed by atoms with Gasteiger partial charge in [0.05, 0.1) is 13.4 Å². The Bertz CT molecular complexity index is 312. The number of ether oxygens (including phenoxy) is 2. The predicted octanol–water partition coefficient (Wildman–Crippen LogP) is 1.30. The van der Waals surface area contributed by atoms with Crippen LogP contribution in [0.5, 0.6) is 0 Å². The highest BCUT2D eigenvalue weighted by Gasteiger charge is 2.14. The van der Waals surface area contributed by atoms with Gasteiger partial charge in [-0.15, -0.1) is 0 Å². The van der Waals surface area contributed by atoms with E-state index in [4.69, 9.17) is 10.00 Å². The van der Waals surface area contributed by atoms with Crippen LogP contribution in [0.15, 0.2) is 24.0 Å². The van der Waals surface area contributed by atoms with Crippen molar-refractivity contribution in [2.24, 2.45) is 0 Å². The first-order chi connectivity index (χ1) is 6.77. The standard InChI is InChI=1S/C10H11NO3/c1-13-10(12)8(7-11)6-9-4-2-3-5-14-9/h3,5-6,9H,2,4H2,1H3/b8-6+. The minimum Gasteiger partial charge on any atom is -0.494 e. The number of rotatable bonds is 2.